The summed E-state index contributed by atoms with van der Waals surface area (Å²) in [5, 5.41) is 3.03. The Balaban J connectivity index is 0.00000256. The van der Waals surface area contributed by atoms with Crippen LogP contribution in [0.4, 0.5) is 5.69 Å². The average molecular weight is 432 g/mol. The molecule has 2 aliphatic heterocycles. The Morgan fingerprint density at radius 2 is 1.87 bits per heavy atom. The summed E-state index contributed by atoms with van der Waals surface area (Å²) < 4.78 is 11.4. The summed E-state index contributed by atoms with van der Waals surface area (Å²) in [5.41, 5.74) is 8.06. The van der Waals surface area contributed by atoms with Crippen LogP contribution in [0.5, 0.6) is 11.5 Å². The average Bonchev–Trinajstić information content (AvgIpc) is 3.05. The Hall–Kier alpha value is -2.28. The number of hydrogen-bond donors (Lipinski definition) is 2. The fraction of sp³-hybridized carbons (Fsp3) is 0.435. The number of fused-ring (bicyclic) bond motifs is 1. The lowest BCUT2D eigenvalue weighted by molar-refractivity contribution is -0.120. The van der Waals surface area contributed by atoms with Crippen molar-refractivity contribution in [2.24, 2.45) is 11.7 Å². The number of likely N-dealkylation sites (tertiary alicyclic amines) is 1. The van der Waals surface area contributed by atoms with Gasteiger partial charge < -0.3 is 20.5 Å². The summed E-state index contributed by atoms with van der Waals surface area (Å²) in [6.45, 7) is 5.50. The molecule has 0 aliphatic carbocycles. The molecule has 0 saturated carbocycles. The maximum absolute atomic E-state index is 12.9. The first kappa shape index (κ1) is 22.4. The molecule has 162 valence electrons. The Kier molecular flexibility index (Phi) is 7.58. The number of nitrogens with two attached hydrogens (primary N) is 1. The maximum Gasteiger partial charge on any atom is 0.241 e. The Labute approximate surface area is 184 Å². The van der Waals surface area contributed by atoms with Crippen LogP contribution < -0.4 is 20.5 Å². The van der Waals surface area contributed by atoms with E-state index in [-0.39, 0.29) is 24.4 Å². The number of anilines is 1. The van der Waals surface area contributed by atoms with Gasteiger partial charge in [0, 0.05) is 37.2 Å². The second-order valence-electron chi connectivity index (χ2n) is 7.84. The highest BCUT2D eigenvalue weighted by atomic mass is 35.5. The largest absolute Gasteiger partial charge is 0.490 e. The van der Waals surface area contributed by atoms with E-state index in [4.69, 9.17) is 15.2 Å². The van der Waals surface area contributed by atoms with E-state index in [0.29, 0.717) is 37.3 Å². The monoisotopic (exact) mass is 431 g/mol. The number of rotatable bonds is 5. The number of carbonyl (C=O) groups is 1. The number of nitrogens with zero attached hydrogens (tertiary/aromatic N) is 1. The SMILES string of the molecule is CC(C(=O)Nc1ccc2c(c1)OCCCO2)N1C[C@@H](CN)[C@H](c2ccccc2)C1.Cl. The molecule has 7 heteroatoms. The standard InChI is InChI=1S/C23H29N3O3.ClH/c1-16(26-14-18(13-24)20(15-26)17-6-3-2-4-7-17)23(27)25-19-8-9-21-22(12-19)29-11-5-10-28-21;/h2-4,6-9,12,16,18,20H,5,10-11,13-15,24H2,1H3,(H,25,27);1H/t16?,18-,20+;/m1./s1. The molecular formula is C23H30ClN3O3. The van der Waals surface area contributed by atoms with Crippen LogP contribution in [-0.2, 0) is 4.79 Å². The third kappa shape index (κ3) is 4.89. The molecule has 1 saturated heterocycles. The Morgan fingerprint density at radius 1 is 1.13 bits per heavy atom. The van der Waals surface area contributed by atoms with Crippen molar-refractivity contribution in [3.8, 4) is 11.5 Å². The molecule has 2 heterocycles. The van der Waals surface area contributed by atoms with Gasteiger partial charge in [-0.1, -0.05) is 30.3 Å². The lowest BCUT2D eigenvalue weighted by Gasteiger charge is -2.24. The van der Waals surface area contributed by atoms with Crippen LogP contribution >= 0.6 is 12.4 Å². The van der Waals surface area contributed by atoms with Crippen LogP contribution in [0.3, 0.4) is 0 Å². The molecule has 4 rings (SSSR count). The summed E-state index contributed by atoms with van der Waals surface area (Å²) >= 11 is 0. The number of hydrogen-bond acceptors (Lipinski definition) is 5. The van der Waals surface area contributed by atoms with Crippen molar-refractivity contribution in [1.82, 2.24) is 4.90 Å². The quantitative estimate of drug-likeness (QED) is 0.759. The number of nitrogens with one attached hydrogen (secondary N) is 1. The highest BCUT2D eigenvalue weighted by Crippen LogP contribution is 2.34. The van der Waals surface area contributed by atoms with E-state index in [0.717, 1.165) is 30.9 Å². The summed E-state index contributed by atoms with van der Waals surface area (Å²) in [6, 6.07) is 15.8. The molecule has 3 N–H and O–H groups in total. The number of benzene rings is 2. The molecule has 3 atom stereocenters. The lowest BCUT2D eigenvalue weighted by Crippen LogP contribution is -2.41. The molecule has 2 aromatic carbocycles. The van der Waals surface area contributed by atoms with Gasteiger partial charge in [0.15, 0.2) is 11.5 Å². The summed E-state index contributed by atoms with van der Waals surface area (Å²) in [7, 11) is 0. The van der Waals surface area contributed by atoms with Gasteiger partial charge in [-0.15, -0.1) is 12.4 Å². The van der Waals surface area contributed by atoms with Crippen molar-refractivity contribution >= 4 is 24.0 Å². The summed E-state index contributed by atoms with van der Waals surface area (Å²) in [4.78, 5) is 15.1. The number of carbonyl (C=O) groups excluding carboxylic acids is 1. The molecule has 2 aromatic rings. The van der Waals surface area contributed by atoms with Crippen LogP contribution in [0, 0.1) is 5.92 Å². The molecule has 30 heavy (non-hydrogen) atoms. The molecule has 1 unspecified atom stereocenters. The van der Waals surface area contributed by atoms with E-state index in [1.807, 2.05) is 31.2 Å². The number of halogens is 1. The Morgan fingerprint density at radius 3 is 2.60 bits per heavy atom. The topological polar surface area (TPSA) is 76.8 Å². The smallest absolute Gasteiger partial charge is 0.241 e. The van der Waals surface area contributed by atoms with Gasteiger partial charge in [0.2, 0.25) is 5.91 Å². The summed E-state index contributed by atoms with van der Waals surface area (Å²) in [5.74, 6) is 2.09. The van der Waals surface area contributed by atoms with E-state index in [1.165, 1.54) is 5.56 Å². The van der Waals surface area contributed by atoms with Gasteiger partial charge in [-0.25, -0.2) is 0 Å². The van der Waals surface area contributed by atoms with Gasteiger partial charge in [-0.2, -0.15) is 0 Å². The molecule has 1 fully saturated rings. The molecule has 0 radical (unpaired) electrons. The van der Waals surface area contributed by atoms with Crippen molar-refractivity contribution < 1.29 is 14.3 Å². The zero-order chi connectivity index (χ0) is 20.2. The minimum Gasteiger partial charge on any atom is -0.490 e. The zero-order valence-electron chi connectivity index (χ0n) is 17.3. The number of amides is 1. The van der Waals surface area contributed by atoms with Crippen LogP contribution in [-0.4, -0.2) is 49.7 Å². The normalized spacial score (nSPS) is 21.9. The molecule has 2 aliphatic rings. The highest BCUT2D eigenvalue weighted by molar-refractivity contribution is 5.94. The first-order valence-corrected chi connectivity index (χ1v) is 10.4. The van der Waals surface area contributed by atoms with Crippen LogP contribution in [0.15, 0.2) is 48.5 Å². The van der Waals surface area contributed by atoms with E-state index >= 15 is 0 Å². The van der Waals surface area contributed by atoms with Crippen molar-refractivity contribution in [3.63, 3.8) is 0 Å². The van der Waals surface area contributed by atoms with Crippen LogP contribution in [0.1, 0.15) is 24.8 Å². The minimum absolute atomic E-state index is 0. The van der Waals surface area contributed by atoms with Gasteiger partial charge in [0.25, 0.3) is 0 Å². The second kappa shape index (κ2) is 10.2. The van der Waals surface area contributed by atoms with Gasteiger partial charge in [0.1, 0.15) is 0 Å². The Bertz CT molecular complexity index is 849. The van der Waals surface area contributed by atoms with E-state index in [1.54, 1.807) is 0 Å². The van der Waals surface area contributed by atoms with Crippen molar-refractivity contribution in [3.05, 3.63) is 54.1 Å². The van der Waals surface area contributed by atoms with Gasteiger partial charge in [-0.3, -0.25) is 9.69 Å². The lowest BCUT2D eigenvalue weighted by atomic mass is 9.89. The molecule has 6 nitrogen and oxygen atoms in total. The predicted octanol–water partition coefficient (Wildman–Crippen LogP) is 3.27. The van der Waals surface area contributed by atoms with Crippen LogP contribution in [0.25, 0.3) is 0 Å². The molecule has 1 amide bonds. The molecule has 0 bridgehead atoms. The second-order valence-corrected chi connectivity index (χ2v) is 7.84. The van der Waals surface area contributed by atoms with Gasteiger partial charge in [-0.05, 0) is 37.1 Å². The predicted molar refractivity (Wildman–Crippen MR) is 121 cm³/mol. The third-order valence-electron chi connectivity index (χ3n) is 5.94. The molecule has 0 spiro atoms. The van der Waals surface area contributed by atoms with Crippen LogP contribution in [0.2, 0.25) is 0 Å². The third-order valence-corrected chi connectivity index (χ3v) is 5.94. The fourth-order valence-electron chi connectivity index (χ4n) is 4.19. The molecule has 0 aromatic heterocycles. The van der Waals surface area contributed by atoms with Crippen molar-refractivity contribution in [2.75, 3.05) is 38.2 Å². The van der Waals surface area contributed by atoms with E-state index < -0.39 is 0 Å². The molecular weight excluding hydrogens is 402 g/mol. The number of ether oxygens (including phenoxy) is 2. The van der Waals surface area contributed by atoms with E-state index in [9.17, 15) is 4.79 Å². The first-order chi connectivity index (χ1) is 14.2. The summed E-state index contributed by atoms with van der Waals surface area (Å²) in [6.07, 6.45) is 0.854. The minimum atomic E-state index is -0.242. The zero-order valence-corrected chi connectivity index (χ0v) is 18.1. The maximum atomic E-state index is 12.9. The highest BCUT2D eigenvalue weighted by Gasteiger charge is 2.36. The van der Waals surface area contributed by atoms with Gasteiger partial charge >= 0.3 is 0 Å². The fourth-order valence-corrected chi connectivity index (χ4v) is 4.19. The van der Waals surface area contributed by atoms with Crippen molar-refractivity contribution in [2.45, 2.75) is 25.3 Å². The first-order valence-electron chi connectivity index (χ1n) is 10.4. The van der Waals surface area contributed by atoms with Crippen molar-refractivity contribution in [1.29, 1.82) is 0 Å². The van der Waals surface area contributed by atoms with E-state index in [2.05, 4.69) is 34.5 Å². The van der Waals surface area contributed by atoms with Gasteiger partial charge in [0.05, 0.1) is 19.3 Å².